The molecule has 1 aliphatic rings. The predicted molar refractivity (Wildman–Crippen MR) is 63.1 cm³/mol. The van der Waals surface area contributed by atoms with Crippen LogP contribution in [0.1, 0.15) is 16.7 Å². The Kier molecular flexibility index (Phi) is 2.29. The molecule has 82 valence electrons. The predicted octanol–water partition coefficient (Wildman–Crippen LogP) is 3.18. The van der Waals surface area contributed by atoms with Crippen LogP contribution in [0.15, 0.2) is 42.5 Å². The zero-order valence-corrected chi connectivity index (χ0v) is 9.03. The van der Waals surface area contributed by atoms with E-state index in [2.05, 4.69) is 6.42 Å². The van der Waals surface area contributed by atoms with Gasteiger partial charge in [-0.2, -0.15) is 4.39 Å². The highest BCUT2D eigenvalue weighted by atomic mass is 19.1. The SMILES string of the molecule is O=C(F)Cc1cccc2c1[C]c1ccccc1-2. The Bertz CT molecular complexity index is 602. The van der Waals surface area contributed by atoms with Gasteiger partial charge in [0.1, 0.15) is 0 Å². The van der Waals surface area contributed by atoms with Gasteiger partial charge in [-0.3, -0.25) is 4.79 Å². The van der Waals surface area contributed by atoms with Crippen molar-refractivity contribution in [1.29, 1.82) is 0 Å². The molecule has 0 unspecified atom stereocenters. The molecule has 3 rings (SSSR count). The molecule has 2 radical (unpaired) electrons. The Morgan fingerprint density at radius 3 is 2.65 bits per heavy atom. The molecule has 1 aliphatic carbocycles. The third-order valence-electron chi connectivity index (χ3n) is 2.96. The highest BCUT2D eigenvalue weighted by Gasteiger charge is 2.21. The average Bonchev–Trinajstić information content (AvgIpc) is 2.68. The van der Waals surface area contributed by atoms with Gasteiger partial charge in [-0.15, -0.1) is 0 Å². The maximum atomic E-state index is 12.5. The van der Waals surface area contributed by atoms with Gasteiger partial charge in [0.25, 0.3) is 0 Å². The zero-order valence-electron chi connectivity index (χ0n) is 9.03. The lowest BCUT2D eigenvalue weighted by atomic mass is 9.99. The first-order valence-corrected chi connectivity index (χ1v) is 5.42. The van der Waals surface area contributed by atoms with Crippen LogP contribution in [0.3, 0.4) is 0 Å². The van der Waals surface area contributed by atoms with E-state index >= 15 is 0 Å². The van der Waals surface area contributed by atoms with Crippen LogP contribution in [0.5, 0.6) is 0 Å². The summed E-state index contributed by atoms with van der Waals surface area (Å²) < 4.78 is 12.5. The molecule has 0 fully saturated rings. The topological polar surface area (TPSA) is 17.1 Å². The fourth-order valence-electron chi connectivity index (χ4n) is 2.23. The van der Waals surface area contributed by atoms with Crippen molar-refractivity contribution in [3.63, 3.8) is 0 Å². The molecule has 17 heavy (non-hydrogen) atoms. The third-order valence-corrected chi connectivity index (χ3v) is 2.96. The number of benzene rings is 2. The minimum atomic E-state index is -1.31. The van der Waals surface area contributed by atoms with Crippen LogP contribution < -0.4 is 0 Å². The van der Waals surface area contributed by atoms with Gasteiger partial charge in [0.15, 0.2) is 0 Å². The molecule has 0 saturated heterocycles. The molecule has 0 bridgehead atoms. The summed E-state index contributed by atoms with van der Waals surface area (Å²) in [5, 5.41) is 0. The Labute approximate surface area is 98.9 Å². The molecule has 0 saturated carbocycles. The summed E-state index contributed by atoms with van der Waals surface area (Å²) in [6.07, 6.45) is 3.06. The Balaban J connectivity index is 2.14. The minimum absolute atomic E-state index is 0.176. The van der Waals surface area contributed by atoms with Gasteiger partial charge in [0.2, 0.25) is 0 Å². The Morgan fingerprint density at radius 1 is 1.06 bits per heavy atom. The van der Waals surface area contributed by atoms with Crippen LogP contribution in [0.2, 0.25) is 0 Å². The molecular formula is C15H9FO. The molecule has 0 atom stereocenters. The summed E-state index contributed by atoms with van der Waals surface area (Å²) in [7, 11) is 0. The van der Waals surface area contributed by atoms with E-state index in [9.17, 15) is 9.18 Å². The highest BCUT2D eigenvalue weighted by Crippen LogP contribution is 2.39. The summed E-state index contributed by atoms with van der Waals surface area (Å²) in [5.74, 6) is 0. The molecule has 2 heteroatoms. The molecule has 0 aliphatic heterocycles. The number of fused-ring (bicyclic) bond motifs is 3. The van der Waals surface area contributed by atoms with Crippen molar-refractivity contribution in [1.82, 2.24) is 0 Å². The summed E-state index contributed by atoms with van der Waals surface area (Å²) in [4.78, 5) is 10.6. The second kappa shape index (κ2) is 3.81. The monoisotopic (exact) mass is 224 g/mol. The number of hydrogen-bond donors (Lipinski definition) is 0. The van der Waals surface area contributed by atoms with Crippen molar-refractivity contribution in [3.05, 3.63) is 65.6 Å². The van der Waals surface area contributed by atoms with E-state index in [1.165, 1.54) is 0 Å². The first-order valence-electron chi connectivity index (χ1n) is 5.42. The first-order chi connectivity index (χ1) is 8.25. The normalized spacial score (nSPS) is 12.1. The van der Waals surface area contributed by atoms with E-state index in [0.29, 0.717) is 5.56 Å². The lowest BCUT2D eigenvalue weighted by molar-refractivity contribution is -0.128. The van der Waals surface area contributed by atoms with Crippen molar-refractivity contribution in [2.45, 2.75) is 6.42 Å². The van der Waals surface area contributed by atoms with Gasteiger partial charge in [0.05, 0.1) is 12.8 Å². The Morgan fingerprint density at radius 2 is 1.82 bits per heavy atom. The number of carbonyl (C=O) groups is 1. The summed E-state index contributed by atoms with van der Waals surface area (Å²) >= 11 is 0. The van der Waals surface area contributed by atoms with E-state index in [4.69, 9.17) is 0 Å². The molecule has 0 N–H and O–H groups in total. The second-order valence-corrected chi connectivity index (χ2v) is 4.04. The van der Waals surface area contributed by atoms with E-state index in [-0.39, 0.29) is 6.42 Å². The first kappa shape index (κ1) is 10.2. The number of carbonyl (C=O) groups excluding carboxylic acids is 1. The molecule has 1 nitrogen and oxygen atoms in total. The summed E-state index contributed by atoms with van der Waals surface area (Å²) in [6, 6.07) is 12.2. The van der Waals surface area contributed by atoms with Crippen LogP contribution >= 0.6 is 0 Å². The van der Waals surface area contributed by atoms with Crippen LogP contribution in [-0.4, -0.2) is 6.04 Å². The van der Waals surface area contributed by atoms with Crippen LogP contribution in [0.25, 0.3) is 11.1 Å². The van der Waals surface area contributed by atoms with E-state index < -0.39 is 6.04 Å². The van der Waals surface area contributed by atoms with Crippen LogP contribution in [-0.2, 0) is 11.2 Å². The quantitative estimate of drug-likeness (QED) is 0.611. The summed E-state index contributed by atoms with van der Waals surface area (Å²) in [5.41, 5.74) is 4.67. The van der Waals surface area contributed by atoms with E-state index in [0.717, 1.165) is 22.3 Å². The molecule has 2 aromatic rings. The van der Waals surface area contributed by atoms with Gasteiger partial charge >= 0.3 is 6.04 Å². The van der Waals surface area contributed by atoms with Crippen LogP contribution in [0, 0.1) is 6.42 Å². The average molecular weight is 224 g/mol. The minimum Gasteiger partial charge on any atom is -0.261 e. The maximum absolute atomic E-state index is 12.5. The van der Waals surface area contributed by atoms with Crippen molar-refractivity contribution >= 4 is 6.04 Å². The van der Waals surface area contributed by atoms with Crippen molar-refractivity contribution in [2.24, 2.45) is 0 Å². The summed E-state index contributed by atoms with van der Waals surface area (Å²) in [6.45, 7) is 0. The maximum Gasteiger partial charge on any atom is 0.305 e. The molecule has 0 amide bonds. The fraction of sp³-hybridized carbons (Fsp3) is 0.0667. The smallest absolute Gasteiger partial charge is 0.261 e. The number of hydrogen-bond acceptors (Lipinski definition) is 1. The molecule has 0 heterocycles. The number of halogens is 1. The Hall–Kier alpha value is -1.96. The zero-order chi connectivity index (χ0) is 11.8. The van der Waals surface area contributed by atoms with Crippen molar-refractivity contribution in [2.75, 3.05) is 0 Å². The van der Waals surface area contributed by atoms with Gasteiger partial charge in [0, 0.05) is 0 Å². The highest BCUT2D eigenvalue weighted by molar-refractivity contribution is 5.84. The number of rotatable bonds is 2. The van der Waals surface area contributed by atoms with Gasteiger partial charge in [-0.25, -0.2) is 0 Å². The van der Waals surface area contributed by atoms with Gasteiger partial charge < -0.3 is 0 Å². The lowest BCUT2D eigenvalue weighted by Gasteiger charge is -2.04. The van der Waals surface area contributed by atoms with Crippen LogP contribution in [0.4, 0.5) is 4.39 Å². The van der Waals surface area contributed by atoms with Gasteiger partial charge in [-0.05, 0) is 27.8 Å². The molecule has 0 aromatic heterocycles. The fourth-order valence-corrected chi connectivity index (χ4v) is 2.23. The lowest BCUT2D eigenvalue weighted by Crippen LogP contribution is -1.98. The molecule has 2 aromatic carbocycles. The molecule has 0 spiro atoms. The second-order valence-electron chi connectivity index (χ2n) is 4.04. The largest absolute Gasteiger partial charge is 0.305 e. The third kappa shape index (κ3) is 1.66. The molecular weight excluding hydrogens is 215 g/mol. The van der Waals surface area contributed by atoms with E-state index in [1.54, 1.807) is 6.07 Å². The standard InChI is InChI=1S/C15H9FO/c16-15(17)9-11-5-3-7-13-12-6-2-1-4-10(12)8-14(11)13/h1-7H,9H2. The van der Waals surface area contributed by atoms with Gasteiger partial charge in [-0.1, -0.05) is 42.5 Å². The van der Waals surface area contributed by atoms with Crippen molar-refractivity contribution < 1.29 is 9.18 Å². The van der Waals surface area contributed by atoms with Crippen molar-refractivity contribution in [3.8, 4) is 11.1 Å². The van der Waals surface area contributed by atoms with E-state index in [1.807, 2.05) is 36.4 Å².